The number of rotatable bonds is 9. The van der Waals surface area contributed by atoms with Gasteiger partial charge in [0.2, 0.25) is 5.91 Å². The van der Waals surface area contributed by atoms with E-state index in [0.29, 0.717) is 10.0 Å². The van der Waals surface area contributed by atoms with Crippen molar-refractivity contribution in [3.63, 3.8) is 0 Å². The van der Waals surface area contributed by atoms with Gasteiger partial charge in [-0.1, -0.05) is 96.4 Å². The van der Waals surface area contributed by atoms with Crippen LogP contribution in [-0.4, -0.2) is 48.2 Å². The molecule has 0 aromatic heterocycles. The highest BCUT2D eigenvalue weighted by molar-refractivity contribution is 6.42. The number of Topliss-reactive ketones (excluding diaryl/α,β-unsaturated/α-hetero) is 1. The second kappa shape index (κ2) is 13.3. The van der Waals surface area contributed by atoms with Gasteiger partial charge in [0.15, 0.2) is 5.78 Å². The number of halogens is 2. The summed E-state index contributed by atoms with van der Waals surface area (Å²) in [7, 11) is 1.95. The number of benzene rings is 3. The molecular formula is C36H42Cl2N2O2. The Hall–Kier alpha value is -2.66. The zero-order chi connectivity index (χ0) is 29.7. The molecule has 2 atom stereocenters. The number of carbonyl (C=O) groups is 2. The van der Waals surface area contributed by atoms with Crippen LogP contribution in [0.3, 0.4) is 0 Å². The summed E-state index contributed by atoms with van der Waals surface area (Å²) in [5, 5.41) is 1.14. The van der Waals surface area contributed by atoms with Crippen LogP contribution in [0.2, 0.25) is 10.0 Å². The second-order valence-corrected chi connectivity index (χ2v) is 13.2. The predicted molar refractivity (Wildman–Crippen MR) is 172 cm³/mol. The Labute approximate surface area is 261 Å². The van der Waals surface area contributed by atoms with E-state index in [1.807, 2.05) is 60.5 Å². The maximum Gasteiger partial charge on any atom is 0.219 e. The standard InChI is InChI=1S/C36H42Cl2N2O2/c1-27(41)39(2)36(30-14-7-4-8-15-30)20-23-40(24-21-36)22-10-19-35(31-16-17-32(37)33(38)25-31)18-9-13-29(26-35)34(42)28-11-5-3-6-12-28/h3-8,11-12,14-17,25,29H,9-10,13,18-24,26H2,1-2H3/t29?,35-/m0/s1. The molecule has 2 aliphatic rings. The van der Waals surface area contributed by atoms with Crippen LogP contribution in [0.4, 0.5) is 0 Å². The summed E-state index contributed by atoms with van der Waals surface area (Å²) in [6.07, 6.45) is 7.68. The summed E-state index contributed by atoms with van der Waals surface area (Å²) < 4.78 is 0. The minimum Gasteiger partial charge on any atom is -0.336 e. The number of likely N-dealkylation sites (tertiary alicyclic amines) is 1. The minimum absolute atomic E-state index is 0.000743. The second-order valence-electron chi connectivity index (χ2n) is 12.4. The van der Waals surface area contributed by atoms with Crippen molar-refractivity contribution in [3.05, 3.63) is 106 Å². The molecule has 0 spiro atoms. The number of ketones is 1. The Morgan fingerprint density at radius 2 is 1.55 bits per heavy atom. The summed E-state index contributed by atoms with van der Waals surface area (Å²) in [5.41, 5.74) is 2.85. The van der Waals surface area contributed by atoms with Crippen LogP contribution in [0.25, 0.3) is 0 Å². The molecule has 2 fully saturated rings. The van der Waals surface area contributed by atoms with Crippen LogP contribution in [0.5, 0.6) is 0 Å². The van der Waals surface area contributed by atoms with Gasteiger partial charge in [-0.15, -0.1) is 0 Å². The van der Waals surface area contributed by atoms with Gasteiger partial charge < -0.3 is 9.80 Å². The Morgan fingerprint density at radius 1 is 0.881 bits per heavy atom. The lowest BCUT2D eigenvalue weighted by Crippen LogP contribution is -2.53. The van der Waals surface area contributed by atoms with E-state index in [1.165, 1.54) is 11.1 Å². The van der Waals surface area contributed by atoms with Crippen LogP contribution >= 0.6 is 23.2 Å². The number of piperidine rings is 1. The molecule has 1 amide bonds. The van der Waals surface area contributed by atoms with Crippen LogP contribution in [0, 0.1) is 5.92 Å². The first kappa shape index (κ1) is 30.8. The average Bonchev–Trinajstić information content (AvgIpc) is 3.03. The molecule has 4 nitrogen and oxygen atoms in total. The predicted octanol–water partition coefficient (Wildman–Crippen LogP) is 8.55. The summed E-state index contributed by atoms with van der Waals surface area (Å²) in [6, 6.07) is 26.3. The van der Waals surface area contributed by atoms with Crippen molar-refractivity contribution in [2.45, 2.75) is 69.2 Å². The molecule has 3 aromatic carbocycles. The molecule has 1 saturated heterocycles. The van der Waals surface area contributed by atoms with E-state index in [2.05, 4.69) is 35.2 Å². The molecule has 1 saturated carbocycles. The monoisotopic (exact) mass is 604 g/mol. The summed E-state index contributed by atoms with van der Waals surface area (Å²) in [5.74, 6) is 0.356. The fourth-order valence-electron chi connectivity index (χ4n) is 7.54. The quantitative estimate of drug-likeness (QED) is 0.230. The molecule has 1 heterocycles. The smallest absolute Gasteiger partial charge is 0.219 e. The van der Waals surface area contributed by atoms with E-state index in [0.717, 1.165) is 76.6 Å². The van der Waals surface area contributed by atoms with Gasteiger partial charge in [0.25, 0.3) is 0 Å². The third-order valence-electron chi connectivity index (χ3n) is 10.0. The van der Waals surface area contributed by atoms with E-state index >= 15 is 0 Å². The fourth-order valence-corrected chi connectivity index (χ4v) is 7.84. The molecular weight excluding hydrogens is 563 g/mol. The molecule has 0 N–H and O–H groups in total. The van der Waals surface area contributed by atoms with E-state index in [9.17, 15) is 9.59 Å². The van der Waals surface area contributed by atoms with Gasteiger partial charge >= 0.3 is 0 Å². The van der Waals surface area contributed by atoms with E-state index in [-0.39, 0.29) is 28.6 Å². The molecule has 1 unspecified atom stereocenters. The summed E-state index contributed by atoms with van der Waals surface area (Å²) in [4.78, 5) is 30.6. The molecule has 6 heteroatoms. The molecule has 1 aliphatic heterocycles. The molecule has 5 rings (SSSR count). The van der Waals surface area contributed by atoms with Crippen LogP contribution in [-0.2, 0) is 15.7 Å². The van der Waals surface area contributed by atoms with Gasteiger partial charge in [-0.2, -0.15) is 0 Å². The SMILES string of the molecule is CC(=O)N(C)C1(c2ccccc2)CCN(CCC[C@@]2(c3ccc(Cl)c(Cl)c3)CCCC(C(=O)c3ccccc3)C2)CC1. The third kappa shape index (κ3) is 6.46. The Balaban J connectivity index is 1.30. The van der Waals surface area contributed by atoms with Crippen LogP contribution in [0.1, 0.15) is 79.8 Å². The van der Waals surface area contributed by atoms with Gasteiger partial charge in [-0.05, 0) is 80.2 Å². The minimum atomic E-state index is -0.265. The third-order valence-corrected chi connectivity index (χ3v) is 10.8. The molecule has 222 valence electrons. The Kier molecular flexibility index (Phi) is 9.77. The van der Waals surface area contributed by atoms with Crippen LogP contribution < -0.4 is 0 Å². The van der Waals surface area contributed by atoms with Crippen molar-refractivity contribution in [1.82, 2.24) is 9.80 Å². The molecule has 0 radical (unpaired) electrons. The summed E-state index contributed by atoms with van der Waals surface area (Å²) >= 11 is 12.9. The number of carbonyl (C=O) groups excluding carboxylic acids is 2. The normalized spacial score (nSPS) is 22.4. The highest BCUT2D eigenvalue weighted by Crippen LogP contribution is 2.47. The van der Waals surface area contributed by atoms with Crippen molar-refractivity contribution < 1.29 is 9.59 Å². The lowest BCUT2D eigenvalue weighted by molar-refractivity contribution is -0.136. The maximum absolute atomic E-state index is 13.6. The van der Waals surface area contributed by atoms with Gasteiger partial charge in [0.05, 0.1) is 15.6 Å². The Bertz CT molecular complexity index is 1370. The summed E-state index contributed by atoms with van der Waals surface area (Å²) in [6.45, 7) is 4.55. The zero-order valence-corrected chi connectivity index (χ0v) is 26.3. The topological polar surface area (TPSA) is 40.6 Å². The van der Waals surface area contributed by atoms with E-state index in [4.69, 9.17) is 23.2 Å². The maximum atomic E-state index is 13.6. The first-order valence-corrected chi connectivity index (χ1v) is 16.1. The number of hydrogen-bond donors (Lipinski definition) is 0. The van der Waals surface area contributed by atoms with Crippen molar-refractivity contribution >= 4 is 34.9 Å². The lowest BCUT2D eigenvalue weighted by Gasteiger charge is -2.48. The van der Waals surface area contributed by atoms with Gasteiger partial charge in [-0.25, -0.2) is 0 Å². The van der Waals surface area contributed by atoms with E-state index < -0.39 is 0 Å². The number of nitrogens with zero attached hydrogens (tertiary/aromatic N) is 2. The first-order chi connectivity index (χ1) is 20.2. The average molecular weight is 606 g/mol. The molecule has 1 aliphatic carbocycles. The van der Waals surface area contributed by atoms with E-state index in [1.54, 1.807) is 6.92 Å². The highest BCUT2D eigenvalue weighted by atomic mass is 35.5. The largest absolute Gasteiger partial charge is 0.336 e. The van der Waals surface area contributed by atoms with Crippen molar-refractivity contribution in [2.75, 3.05) is 26.7 Å². The zero-order valence-electron chi connectivity index (χ0n) is 24.8. The van der Waals surface area contributed by atoms with Gasteiger partial charge in [-0.3, -0.25) is 9.59 Å². The first-order valence-electron chi connectivity index (χ1n) is 15.3. The lowest BCUT2D eigenvalue weighted by atomic mass is 9.62. The fraction of sp³-hybridized carbons (Fsp3) is 0.444. The highest BCUT2D eigenvalue weighted by Gasteiger charge is 2.42. The molecule has 42 heavy (non-hydrogen) atoms. The van der Waals surface area contributed by atoms with Gasteiger partial charge in [0, 0.05) is 38.5 Å². The van der Waals surface area contributed by atoms with Crippen molar-refractivity contribution in [1.29, 1.82) is 0 Å². The number of hydrogen-bond acceptors (Lipinski definition) is 3. The van der Waals surface area contributed by atoms with Gasteiger partial charge in [0.1, 0.15) is 0 Å². The van der Waals surface area contributed by atoms with Crippen molar-refractivity contribution in [3.8, 4) is 0 Å². The molecule has 0 bridgehead atoms. The Morgan fingerprint density at radius 3 is 2.19 bits per heavy atom. The van der Waals surface area contributed by atoms with Crippen LogP contribution in [0.15, 0.2) is 78.9 Å². The number of amides is 1. The molecule has 3 aromatic rings. The van der Waals surface area contributed by atoms with Crippen molar-refractivity contribution in [2.24, 2.45) is 5.92 Å².